The first kappa shape index (κ1) is 28.7. The monoisotopic (exact) mass is 619 g/mol. The number of aromatic amines is 1. The highest BCUT2D eigenvalue weighted by Gasteiger charge is 2.36. The van der Waals surface area contributed by atoms with E-state index in [1.54, 1.807) is 13.1 Å². The van der Waals surface area contributed by atoms with E-state index in [4.69, 9.17) is 9.15 Å². The highest BCUT2D eigenvalue weighted by atomic mass is 32.2. The van der Waals surface area contributed by atoms with Crippen molar-refractivity contribution in [3.05, 3.63) is 95.6 Å². The Labute approximate surface area is 261 Å². The van der Waals surface area contributed by atoms with Gasteiger partial charge in [-0.3, -0.25) is 9.10 Å². The molecule has 9 heteroatoms. The SMILES string of the molecule is CNC(=O)c1c(-c2ccc(C)cc2)oc2cc(N(C)S(C)(=O)=O)c(-c3ccc4c(c3)-c3[nH]c5ccccc5c3C(C)(C)O4)cc12. The second-order valence-corrected chi connectivity index (χ2v) is 14.1. The highest BCUT2D eigenvalue weighted by molar-refractivity contribution is 7.92. The van der Waals surface area contributed by atoms with Crippen molar-refractivity contribution in [1.29, 1.82) is 0 Å². The van der Waals surface area contributed by atoms with Crippen LogP contribution in [0.1, 0.15) is 35.3 Å². The standard InChI is InChI=1S/C36H33N3O5S/c1-20-11-13-21(14-12-20)34-31(35(40)37-4)25-18-24(28(19-30(25)43-34)39(5)45(6,41)42)22-15-16-29-26(17-22)33-32(36(2,3)44-29)23-9-7-8-10-27(23)38-33/h7-19,38H,1-6H3,(H,37,40). The van der Waals surface area contributed by atoms with Crippen LogP contribution in [0.25, 0.3) is 55.6 Å². The molecule has 2 N–H and O–H groups in total. The van der Waals surface area contributed by atoms with Crippen molar-refractivity contribution >= 4 is 43.5 Å². The smallest absolute Gasteiger partial charge is 0.255 e. The van der Waals surface area contributed by atoms with Crippen LogP contribution in [0.5, 0.6) is 5.75 Å². The van der Waals surface area contributed by atoms with Crippen LogP contribution in [0.15, 0.2) is 83.3 Å². The van der Waals surface area contributed by atoms with E-state index in [0.29, 0.717) is 33.5 Å². The molecule has 0 fully saturated rings. The molecule has 228 valence electrons. The van der Waals surface area contributed by atoms with E-state index in [-0.39, 0.29) is 5.91 Å². The van der Waals surface area contributed by atoms with Gasteiger partial charge >= 0.3 is 0 Å². The molecule has 3 heterocycles. The summed E-state index contributed by atoms with van der Waals surface area (Å²) in [6.45, 7) is 6.10. The quantitative estimate of drug-likeness (QED) is 0.207. The summed E-state index contributed by atoms with van der Waals surface area (Å²) in [6, 6.07) is 25.3. The largest absolute Gasteiger partial charge is 0.482 e. The number of nitrogens with one attached hydrogen (secondary N) is 2. The Morgan fingerprint density at radius 2 is 1.62 bits per heavy atom. The van der Waals surface area contributed by atoms with Crippen LogP contribution in [0.2, 0.25) is 0 Å². The summed E-state index contributed by atoms with van der Waals surface area (Å²) < 4.78 is 39.9. The summed E-state index contributed by atoms with van der Waals surface area (Å²) in [6.07, 6.45) is 1.16. The lowest BCUT2D eigenvalue weighted by atomic mass is 9.87. The molecule has 0 radical (unpaired) electrons. The number of furan rings is 1. The normalized spacial score (nSPS) is 13.7. The third-order valence-corrected chi connectivity index (χ3v) is 9.84. The maximum Gasteiger partial charge on any atom is 0.255 e. The molecule has 6 aromatic rings. The zero-order valence-electron chi connectivity index (χ0n) is 25.9. The van der Waals surface area contributed by atoms with Crippen LogP contribution >= 0.6 is 0 Å². The average Bonchev–Trinajstić information content (AvgIpc) is 3.59. The Morgan fingerprint density at radius 1 is 0.911 bits per heavy atom. The van der Waals surface area contributed by atoms with Gasteiger partial charge in [-0.05, 0) is 50.6 Å². The van der Waals surface area contributed by atoms with Crippen molar-refractivity contribution in [3.8, 4) is 39.5 Å². The fraction of sp³-hybridized carbons (Fsp3) is 0.194. The van der Waals surface area contributed by atoms with Gasteiger partial charge in [0.15, 0.2) is 0 Å². The highest BCUT2D eigenvalue weighted by Crippen LogP contribution is 2.50. The summed E-state index contributed by atoms with van der Waals surface area (Å²) in [5.41, 5.74) is 7.73. The fourth-order valence-electron chi connectivity index (χ4n) is 6.34. The maximum absolute atomic E-state index is 13.4. The Bertz CT molecular complexity index is 2280. The molecule has 0 spiro atoms. The lowest BCUT2D eigenvalue weighted by Gasteiger charge is -2.33. The van der Waals surface area contributed by atoms with Gasteiger partial charge in [-0.15, -0.1) is 0 Å². The Hall–Kier alpha value is -5.02. The minimum Gasteiger partial charge on any atom is -0.482 e. The molecule has 1 amide bonds. The number of aromatic nitrogens is 1. The summed E-state index contributed by atoms with van der Waals surface area (Å²) in [5, 5.41) is 4.41. The van der Waals surface area contributed by atoms with Gasteiger partial charge in [-0.25, -0.2) is 8.42 Å². The molecule has 1 aliphatic rings. The van der Waals surface area contributed by atoms with Gasteiger partial charge in [0.05, 0.1) is 23.2 Å². The lowest BCUT2D eigenvalue weighted by Crippen LogP contribution is -2.28. The molecule has 0 aliphatic carbocycles. The third-order valence-electron chi connectivity index (χ3n) is 8.64. The maximum atomic E-state index is 13.4. The van der Waals surface area contributed by atoms with Gasteiger partial charge in [0.25, 0.3) is 5.91 Å². The number of hydrogen-bond acceptors (Lipinski definition) is 5. The number of carbonyl (C=O) groups excluding carboxylic acids is 1. The number of hydrogen-bond donors (Lipinski definition) is 2. The molecule has 0 atom stereocenters. The van der Waals surface area contributed by atoms with Gasteiger partial charge in [0.2, 0.25) is 10.0 Å². The molecule has 7 rings (SSSR count). The van der Waals surface area contributed by atoms with Crippen LogP contribution < -0.4 is 14.4 Å². The van der Waals surface area contributed by atoms with E-state index in [2.05, 4.69) is 30.2 Å². The number of rotatable bonds is 5. The second-order valence-electron chi connectivity index (χ2n) is 12.1. The number of sulfonamides is 1. The Kier molecular flexibility index (Phi) is 6.39. The molecule has 0 bridgehead atoms. The summed E-state index contributed by atoms with van der Waals surface area (Å²) >= 11 is 0. The molecular formula is C36H33N3O5S. The number of carbonyl (C=O) groups is 1. The van der Waals surface area contributed by atoms with E-state index in [1.807, 2.05) is 73.7 Å². The van der Waals surface area contributed by atoms with Crippen molar-refractivity contribution in [2.75, 3.05) is 24.7 Å². The van der Waals surface area contributed by atoms with Gasteiger partial charge < -0.3 is 19.5 Å². The number of nitrogens with zero attached hydrogens (tertiary/aromatic N) is 1. The number of fused-ring (bicyclic) bond motifs is 6. The predicted molar refractivity (Wildman–Crippen MR) is 179 cm³/mol. The number of anilines is 1. The number of ether oxygens (including phenoxy) is 1. The third kappa shape index (κ3) is 4.57. The summed E-state index contributed by atoms with van der Waals surface area (Å²) in [4.78, 5) is 17.0. The topological polar surface area (TPSA) is 105 Å². The van der Waals surface area contributed by atoms with Gasteiger partial charge in [0.1, 0.15) is 22.7 Å². The van der Waals surface area contributed by atoms with E-state index < -0.39 is 15.6 Å². The Morgan fingerprint density at radius 3 is 2.33 bits per heavy atom. The average molecular weight is 620 g/mol. The lowest BCUT2D eigenvalue weighted by molar-refractivity contribution is 0.0964. The van der Waals surface area contributed by atoms with E-state index in [1.165, 1.54) is 11.4 Å². The molecule has 1 aliphatic heterocycles. The van der Waals surface area contributed by atoms with Crippen molar-refractivity contribution in [2.24, 2.45) is 0 Å². The van der Waals surface area contributed by atoms with Gasteiger partial charge in [-0.2, -0.15) is 0 Å². The van der Waals surface area contributed by atoms with Crippen LogP contribution in [0.3, 0.4) is 0 Å². The van der Waals surface area contributed by atoms with Crippen molar-refractivity contribution < 1.29 is 22.4 Å². The van der Waals surface area contributed by atoms with Crippen LogP contribution in [-0.4, -0.2) is 39.7 Å². The zero-order valence-corrected chi connectivity index (χ0v) is 26.7. The first-order chi connectivity index (χ1) is 21.4. The van der Waals surface area contributed by atoms with E-state index in [0.717, 1.165) is 56.4 Å². The second kappa shape index (κ2) is 10.0. The fourth-order valence-corrected chi connectivity index (χ4v) is 6.85. The number of aryl methyl sites for hydroxylation is 1. The predicted octanol–water partition coefficient (Wildman–Crippen LogP) is 7.61. The molecular weight excluding hydrogens is 586 g/mol. The number of para-hydroxylation sites is 1. The summed E-state index contributed by atoms with van der Waals surface area (Å²) in [7, 11) is -0.557. The first-order valence-electron chi connectivity index (χ1n) is 14.7. The molecule has 2 aromatic heterocycles. The van der Waals surface area contributed by atoms with Crippen LogP contribution in [-0.2, 0) is 15.6 Å². The van der Waals surface area contributed by atoms with Crippen LogP contribution in [0.4, 0.5) is 5.69 Å². The van der Waals surface area contributed by atoms with Gasteiger partial charge in [0, 0.05) is 58.7 Å². The van der Waals surface area contributed by atoms with E-state index in [9.17, 15) is 13.2 Å². The molecule has 45 heavy (non-hydrogen) atoms. The van der Waals surface area contributed by atoms with Crippen molar-refractivity contribution in [1.82, 2.24) is 10.3 Å². The molecule has 8 nitrogen and oxygen atoms in total. The summed E-state index contributed by atoms with van der Waals surface area (Å²) in [5.74, 6) is 0.833. The van der Waals surface area contributed by atoms with Crippen molar-refractivity contribution in [3.63, 3.8) is 0 Å². The molecule has 0 saturated carbocycles. The minimum atomic E-state index is -3.65. The first-order valence-corrected chi connectivity index (χ1v) is 16.5. The number of amides is 1. The van der Waals surface area contributed by atoms with Gasteiger partial charge in [-0.1, -0.05) is 54.1 Å². The Balaban J connectivity index is 1.51. The molecule has 0 saturated heterocycles. The minimum absolute atomic E-state index is 0.303. The van der Waals surface area contributed by atoms with E-state index >= 15 is 0 Å². The van der Waals surface area contributed by atoms with Crippen molar-refractivity contribution in [2.45, 2.75) is 26.4 Å². The zero-order chi connectivity index (χ0) is 31.8. The molecule has 4 aromatic carbocycles. The van der Waals surface area contributed by atoms with Crippen LogP contribution in [0, 0.1) is 6.92 Å². The number of benzene rings is 4. The number of H-pyrrole nitrogens is 1. The molecule has 0 unspecified atom stereocenters.